The van der Waals surface area contributed by atoms with Crippen LogP contribution in [0.5, 0.6) is 0 Å². The Morgan fingerprint density at radius 1 is 1.24 bits per heavy atom. The van der Waals surface area contributed by atoms with Crippen LogP contribution in [-0.4, -0.2) is 37.3 Å². The molecule has 9 nitrogen and oxygen atoms in total. The van der Waals surface area contributed by atoms with Crippen LogP contribution in [0.1, 0.15) is 33.1 Å². The number of carbonyl (C=O) groups is 1. The quantitative estimate of drug-likeness (QED) is 0.328. The van der Waals surface area contributed by atoms with Crippen molar-refractivity contribution in [2.24, 2.45) is 0 Å². The molecule has 0 aliphatic heterocycles. The predicted molar refractivity (Wildman–Crippen MR) is 134 cm³/mol. The lowest BCUT2D eigenvalue weighted by Gasteiger charge is -2.24. The van der Waals surface area contributed by atoms with E-state index < -0.39 is 11.2 Å². The van der Waals surface area contributed by atoms with Crippen LogP contribution in [0, 0.1) is 0 Å². The molecule has 2 aromatic heterocycles. The normalized spacial score (nSPS) is 11.1. The highest BCUT2D eigenvalue weighted by Crippen LogP contribution is 2.26. The molecule has 0 radical (unpaired) electrons. The first kappa shape index (κ1) is 24.4. The zero-order valence-corrected chi connectivity index (χ0v) is 19.9. The Bertz CT molecular complexity index is 1260. The summed E-state index contributed by atoms with van der Waals surface area (Å²) in [7, 11) is 0. The highest BCUT2D eigenvalue weighted by molar-refractivity contribution is 7.99. The molecule has 0 saturated carbocycles. The van der Waals surface area contributed by atoms with Gasteiger partial charge in [0, 0.05) is 19.6 Å². The number of imidazole rings is 1. The van der Waals surface area contributed by atoms with Crippen molar-refractivity contribution in [3.8, 4) is 0 Å². The maximum Gasteiger partial charge on any atom is 0.330 e. The molecule has 1 amide bonds. The van der Waals surface area contributed by atoms with E-state index in [1.54, 1.807) is 6.08 Å². The lowest BCUT2D eigenvalue weighted by atomic mass is 10.2. The van der Waals surface area contributed by atoms with Crippen molar-refractivity contribution in [3.05, 3.63) is 57.8 Å². The molecule has 0 spiro atoms. The zero-order chi connectivity index (χ0) is 24.0. The van der Waals surface area contributed by atoms with Crippen molar-refractivity contribution in [1.82, 2.24) is 19.1 Å². The molecule has 176 valence electrons. The Labute approximate surface area is 196 Å². The number of nitrogens with two attached hydrogens (primary N) is 1. The van der Waals surface area contributed by atoms with Gasteiger partial charge in [-0.25, -0.2) is 9.78 Å². The number of fused-ring (bicyclic) bond motifs is 1. The van der Waals surface area contributed by atoms with Gasteiger partial charge in [-0.1, -0.05) is 50.2 Å². The van der Waals surface area contributed by atoms with E-state index in [1.165, 1.54) is 21.2 Å². The number of hydrogen-bond acceptors (Lipinski definition) is 6. The SMILES string of the molecule is C=CCn1c(SCC(=O)N(CCCC)c2c(N)n(CCC)c(=O)[nH]c2=O)nc2ccccc21. The summed E-state index contributed by atoms with van der Waals surface area (Å²) in [5, 5.41) is 0.692. The van der Waals surface area contributed by atoms with Gasteiger partial charge in [-0.2, -0.15) is 0 Å². The van der Waals surface area contributed by atoms with Gasteiger partial charge in [0.1, 0.15) is 5.82 Å². The molecule has 3 aromatic rings. The van der Waals surface area contributed by atoms with E-state index >= 15 is 0 Å². The Kier molecular flexibility index (Phi) is 8.16. The minimum absolute atomic E-state index is 0.0129. The van der Waals surface area contributed by atoms with Crippen LogP contribution in [0.25, 0.3) is 11.0 Å². The monoisotopic (exact) mass is 470 g/mol. The number of aromatic nitrogens is 4. The first-order chi connectivity index (χ1) is 15.9. The van der Waals surface area contributed by atoms with E-state index in [9.17, 15) is 14.4 Å². The maximum atomic E-state index is 13.3. The zero-order valence-electron chi connectivity index (χ0n) is 19.0. The molecule has 33 heavy (non-hydrogen) atoms. The Morgan fingerprint density at radius 3 is 2.70 bits per heavy atom. The number of rotatable bonds is 11. The number of H-pyrrole nitrogens is 1. The van der Waals surface area contributed by atoms with Gasteiger partial charge in [0.25, 0.3) is 5.56 Å². The largest absolute Gasteiger partial charge is 0.383 e. The van der Waals surface area contributed by atoms with Gasteiger partial charge in [0.05, 0.1) is 16.8 Å². The molecule has 0 unspecified atom stereocenters. The van der Waals surface area contributed by atoms with Crippen molar-refractivity contribution < 1.29 is 4.79 Å². The molecule has 0 aliphatic rings. The lowest BCUT2D eigenvalue weighted by Crippen LogP contribution is -2.42. The topological polar surface area (TPSA) is 119 Å². The van der Waals surface area contributed by atoms with Crippen molar-refractivity contribution >= 4 is 40.2 Å². The summed E-state index contributed by atoms with van der Waals surface area (Å²) in [4.78, 5) is 46.6. The van der Waals surface area contributed by atoms with Gasteiger partial charge in [-0.15, -0.1) is 6.58 Å². The first-order valence-electron chi connectivity index (χ1n) is 11.0. The number of allylic oxidation sites excluding steroid dienone is 1. The summed E-state index contributed by atoms with van der Waals surface area (Å²) in [6.45, 7) is 8.97. The molecule has 2 heterocycles. The van der Waals surface area contributed by atoms with Crippen molar-refractivity contribution in [3.63, 3.8) is 0 Å². The van der Waals surface area contributed by atoms with E-state index in [2.05, 4.69) is 16.5 Å². The Morgan fingerprint density at radius 2 is 2.00 bits per heavy atom. The number of benzene rings is 1. The Hall–Kier alpha value is -3.27. The second-order valence-electron chi connectivity index (χ2n) is 7.61. The molecule has 0 atom stereocenters. The molecular weight excluding hydrogens is 440 g/mol. The van der Waals surface area contributed by atoms with Crippen LogP contribution in [0.4, 0.5) is 11.5 Å². The smallest absolute Gasteiger partial charge is 0.330 e. The number of carbonyl (C=O) groups excluding carboxylic acids is 1. The van der Waals surface area contributed by atoms with Crippen LogP contribution >= 0.6 is 11.8 Å². The predicted octanol–water partition coefficient (Wildman–Crippen LogP) is 2.99. The average molecular weight is 471 g/mol. The average Bonchev–Trinajstić information content (AvgIpc) is 3.14. The van der Waals surface area contributed by atoms with E-state index in [1.807, 2.05) is 42.7 Å². The number of para-hydroxylation sites is 2. The highest BCUT2D eigenvalue weighted by Gasteiger charge is 2.24. The summed E-state index contributed by atoms with van der Waals surface area (Å²) in [5.74, 6) is -0.195. The van der Waals surface area contributed by atoms with Crippen LogP contribution in [-0.2, 0) is 17.9 Å². The maximum absolute atomic E-state index is 13.3. The number of hydrogen-bond donors (Lipinski definition) is 2. The third-order valence-corrected chi connectivity index (χ3v) is 6.18. The summed E-state index contributed by atoms with van der Waals surface area (Å²) >= 11 is 1.30. The molecule has 10 heteroatoms. The fourth-order valence-corrected chi connectivity index (χ4v) is 4.53. The fourth-order valence-electron chi connectivity index (χ4n) is 3.63. The van der Waals surface area contributed by atoms with Crippen LogP contribution in [0.3, 0.4) is 0 Å². The molecule has 3 N–H and O–H groups in total. The fraction of sp³-hybridized carbons (Fsp3) is 0.391. The lowest BCUT2D eigenvalue weighted by molar-refractivity contribution is -0.116. The number of nitrogens with one attached hydrogen (secondary N) is 1. The minimum atomic E-state index is -0.654. The number of nitrogen functional groups attached to an aromatic ring is 1. The second kappa shape index (κ2) is 11.0. The van der Waals surface area contributed by atoms with Gasteiger partial charge >= 0.3 is 5.69 Å². The third-order valence-electron chi connectivity index (χ3n) is 5.22. The molecule has 0 bridgehead atoms. The van der Waals surface area contributed by atoms with E-state index in [-0.39, 0.29) is 23.2 Å². The molecule has 1 aromatic carbocycles. The molecule has 0 saturated heterocycles. The Balaban J connectivity index is 1.93. The molecule has 3 rings (SSSR count). The summed E-state index contributed by atoms with van der Waals surface area (Å²) in [5.41, 5.74) is 6.82. The minimum Gasteiger partial charge on any atom is -0.383 e. The molecule has 0 fully saturated rings. The highest BCUT2D eigenvalue weighted by atomic mass is 32.2. The van der Waals surface area contributed by atoms with Crippen molar-refractivity contribution in [2.75, 3.05) is 22.9 Å². The van der Waals surface area contributed by atoms with Crippen LogP contribution in [0.2, 0.25) is 0 Å². The van der Waals surface area contributed by atoms with Crippen molar-refractivity contribution in [2.45, 2.75) is 51.4 Å². The van der Waals surface area contributed by atoms with Gasteiger partial charge in [-0.3, -0.25) is 19.1 Å². The van der Waals surface area contributed by atoms with Gasteiger partial charge in [0.2, 0.25) is 5.91 Å². The first-order valence-corrected chi connectivity index (χ1v) is 12.0. The number of unbranched alkanes of at least 4 members (excludes halogenated alkanes) is 1. The van der Waals surface area contributed by atoms with Crippen molar-refractivity contribution in [1.29, 1.82) is 0 Å². The number of anilines is 2. The van der Waals surface area contributed by atoms with E-state index in [0.717, 1.165) is 17.5 Å². The number of nitrogens with zero attached hydrogens (tertiary/aromatic N) is 4. The van der Waals surface area contributed by atoms with Crippen LogP contribution < -0.4 is 21.9 Å². The second-order valence-corrected chi connectivity index (χ2v) is 8.56. The van der Waals surface area contributed by atoms with Gasteiger partial charge in [-0.05, 0) is 25.0 Å². The summed E-state index contributed by atoms with van der Waals surface area (Å²) in [6.07, 6.45) is 3.97. The van der Waals surface area contributed by atoms with E-state index in [0.29, 0.717) is 37.6 Å². The molecular formula is C23H30N6O3S. The van der Waals surface area contributed by atoms with Gasteiger partial charge in [0.15, 0.2) is 10.8 Å². The van der Waals surface area contributed by atoms with Gasteiger partial charge < -0.3 is 15.2 Å². The van der Waals surface area contributed by atoms with Crippen LogP contribution in [0.15, 0.2) is 51.7 Å². The number of thioether (sulfide) groups is 1. The van der Waals surface area contributed by atoms with E-state index in [4.69, 9.17) is 5.73 Å². The number of amides is 1. The summed E-state index contributed by atoms with van der Waals surface area (Å²) < 4.78 is 3.30. The standard InChI is InChI=1S/C23H30N6O3S/c1-4-7-14-28(19-20(24)29(13-6-3)22(32)26-21(19)31)18(30)15-33-23-25-16-10-8-9-11-17(16)27(23)12-5-2/h5,8-11H,2,4,6-7,12-15,24H2,1,3H3,(H,26,31,32). The summed E-state index contributed by atoms with van der Waals surface area (Å²) in [6, 6.07) is 7.75. The third kappa shape index (κ3) is 5.22. The number of aromatic amines is 1. The molecule has 0 aliphatic carbocycles.